The first-order valence-electron chi connectivity index (χ1n) is 9.67. The normalized spacial score (nSPS) is 30.6. The molecule has 2 N–H and O–H groups in total. The third-order valence-electron chi connectivity index (χ3n) is 5.98. The van der Waals surface area contributed by atoms with Crippen LogP contribution in [0.4, 0.5) is 0 Å². The molecule has 3 aliphatic heterocycles. The molecular weight excluding hydrogens is 368 g/mol. The molecule has 1 amide bonds. The van der Waals surface area contributed by atoms with Gasteiger partial charge in [-0.15, -0.1) is 0 Å². The molecule has 1 spiro atoms. The van der Waals surface area contributed by atoms with Gasteiger partial charge in [0.25, 0.3) is 12.4 Å². The Morgan fingerprint density at radius 2 is 2.29 bits per heavy atom. The lowest BCUT2D eigenvalue weighted by Crippen LogP contribution is -2.42. The molecule has 0 saturated carbocycles. The van der Waals surface area contributed by atoms with Crippen LogP contribution in [-0.2, 0) is 14.3 Å². The maximum Gasteiger partial charge on any atom is 0.290 e. The molecule has 2 bridgehead atoms. The van der Waals surface area contributed by atoms with Crippen LogP contribution in [0.2, 0.25) is 0 Å². The Hall–Kier alpha value is -2.04. The fourth-order valence-corrected chi connectivity index (χ4v) is 4.80. The molecule has 0 aromatic carbocycles. The van der Waals surface area contributed by atoms with Crippen LogP contribution in [0.15, 0.2) is 4.63 Å². The largest absolute Gasteiger partial charge is 0.483 e. The second kappa shape index (κ2) is 8.97. The zero-order valence-electron chi connectivity index (χ0n) is 16.3. The number of rotatable bonds is 7. The number of hydrogen-bond donors (Lipinski definition) is 2. The zero-order chi connectivity index (χ0) is 20.1. The summed E-state index contributed by atoms with van der Waals surface area (Å²) in [6.45, 7) is 8.58. The summed E-state index contributed by atoms with van der Waals surface area (Å²) in [5.41, 5.74) is 0.766. The van der Waals surface area contributed by atoms with E-state index in [-0.39, 0.29) is 29.8 Å². The highest BCUT2D eigenvalue weighted by atomic mass is 16.6. The minimum atomic E-state index is -0.250. The minimum Gasteiger partial charge on any atom is -0.483 e. The highest BCUT2D eigenvalue weighted by Crippen LogP contribution is 2.54. The van der Waals surface area contributed by atoms with Crippen LogP contribution >= 0.6 is 0 Å². The number of likely N-dealkylation sites (tertiary alicyclic amines) is 1. The van der Waals surface area contributed by atoms with Crippen molar-refractivity contribution in [3.8, 4) is 0 Å². The number of nitrogens with zero attached hydrogens (tertiary/aromatic N) is 3. The average molecular weight is 396 g/mol. The quantitative estimate of drug-likeness (QED) is 0.495. The molecular formula is C18H28N4O6. The summed E-state index contributed by atoms with van der Waals surface area (Å²) in [5.74, 6) is 0.612. The van der Waals surface area contributed by atoms with Gasteiger partial charge in [-0.2, -0.15) is 0 Å². The molecule has 3 aliphatic rings. The number of nitrogens with one attached hydrogen (secondary N) is 1. The molecule has 3 fully saturated rings. The lowest BCUT2D eigenvalue weighted by Gasteiger charge is -2.29. The summed E-state index contributed by atoms with van der Waals surface area (Å²) in [5, 5.41) is 17.2. The number of aryl methyl sites for hydroxylation is 1. The third kappa shape index (κ3) is 4.03. The summed E-state index contributed by atoms with van der Waals surface area (Å²) in [7, 11) is 0. The summed E-state index contributed by atoms with van der Waals surface area (Å²) in [6, 6.07) is 0. The first-order valence-corrected chi connectivity index (χ1v) is 9.67. The van der Waals surface area contributed by atoms with Crippen molar-refractivity contribution in [1.29, 1.82) is 0 Å². The van der Waals surface area contributed by atoms with Crippen LogP contribution in [0.1, 0.15) is 35.9 Å². The van der Waals surface area contributed by atoms with Crippen molar-refractivity contribution >= 4 is 12.4 Å². The maximum absolute atomic E-state index is 12.3. The Bertz CT molecular complexity index is 683. The summed E-state index contributed by atoms with van der Waals surface area (Å²) in [4.78, 5) is 23.1. The van der Waals surface area contributed by atoms with Crippen molar-refractivity contribution in [2.45, 2.75) is 38.4 Å². The fourth-order valence-electron chi connectivity index (χ4n) is 4.80. The van der Waals surface area contributed by atoms with Crippen molar-refractivity contribution in [2.75, 3.05) is 39.4 Å². The van der Waals surface area contributed by atoms with Crippen LogP contribution < -0.4 is 5.32 Å². The van der Waals surface area contributed by atoms with Crippen LogP contribution in [-0.4, -0.2) is 83.8 Å². The second-order valence-corrected chi connectivity index (χ2v) is 7.48. The Morgan fingerprint density at radius 1 is 1.50 bits per heavy atom. The monoisotopic (exact) mass is 396 g/mol. The molecule has 0 unspecified atom stereocenters. The van der Waals surface area contributed by atoms with Gasteiger partial charge in [0.15, 0.2) is 5.69 Å². The van der Waals surface area contributed by atoms with E-state index in [0.29, 0.717) is 24.1 Å². The van der Waals surface area contributed by atoms with E-state index in [1.54, 1.807) is 6.92 Å². The van der Waals surface area contributed by atoms with Gasteiger partial charge in [0.1, 0.15) is 5.69 Å². The number of amides is 1. The Morgan fingerprint density at radius 3 is 2.96 bits per heavy atom. The van der Waals surface area contributed by atoms with E-state index in [2.05, 4.69) is 25.2 Å². The first-order chi connectivity index (χ1) is 13.5. The highest BCUT2D eigenvalue weighted by molar-refractivity contribution is 5.92. The number of aromatic nitrogens is 2. The van der Waals surface area contributed by atoms with Crippen molar-refractivity contribution in [1.82, 2.24) is 20.5 Å². The van der Waals surface area contributed by atoms with Gasteiger partial charge < -0.3 is 19.9 Å². The molecule has 0 aliphatic carbocycles. The molecule has 10 nitrogen and oxygen atoms in total. The average Bonchev–Trinajstić information content (AvgIpc) is 3.41. The predicted molar refractivity (Wildman–Crippen MR) is 96.8 cm³/mol. The van der Waals surface area contributed by atoms with E-state index < -0.39 is 0 Å². The number of hydrogen-bond acceptors (Lipinski definition) is 8. The summed E-state index contributed by atoms with van der Waals surface area (Å²) in [6.07, 6.45) is 2.47. The van der Waals surface area contributed by atoms with Gasteiger partial charge in [-0.3, -0.25) is 14.5 Å². The molecule has 4 rings (SSSR count). The van der Waals surface area contributed by atoms with Gasteiger partial charge in [0.05, 0.1) is 18.3 Å². The van der Waals surface area contributed by atoms with Crippen LogP contribution in [0.25, 0.3) is 0 Å². The van der Waals surface area contributed by atoms with Crippen LogP contribution in [0.5, 0.6) is 0 Å². The number of carbonyl (C=O) groups excluding carboxylic acids is 1. The van der Waals surface area contributed by atoms with E-state index in [1.165, 1.54) is 0 Å². The summed E-state index contributed by atoms with van der Waals surface area (Å²) < 4.78 is 16.5. The van der Waals surface area contributed by atoms with E-state index in [9.17, 15) is 4.79 Å². The zero-order valence-corrected chi connectivity index (χ0v) is 16.3. The Balaban J connectivity index is 0.000000706. The van der Waals surface area contributed by atoms with Gasteiger partial charge in [0.2, 0.25) is 0 Å². The van der Waals surface area contributed by atoms with Crippen molar-refractivity contribution < 1.29 is 28.8 Å². The molecule has 4 atom stereocenters. The first kappa shape index (κ1) is 20.7. The lowest BCUT2D eigenvalue weighted by atomic mass is 9.73. The standard InChI is InChI=1S/C17H26N4O4.CH2O2/c1-3-23-7-6-21-9-13-12(14-4-5-17(13,10-21)24-14)8-18-16(22)15-11(2)19-25-20-15;2-1-3/h12-14H,3-10H2,1-2H3,(H,18,22);1H,(H,2,3)/t12-,13+,14+,17+;/m0./s1. The smallest absolute Gasteiger partial charge is 0.290 e. The number of fused-ring (bicyclic) bond motifs is 1. The summed E-state index contributed by atoms with van der Waals surface area (Å²) >= 11 is 0. The maximum atomic E-state index is 12.3. The SMILES string of the molecule is CCOCCN1C[C@@H]2[C@H](CNC(=O)c3nonc3C)[C@H]3CC[C@]2(C1)O3.O=CO. The van der Waals surface area contributed by atoms with E-state index in [1.807, 2.05) is 6.92 Å². The minimum absolute atomic E-state index is 0.0162. The molecule has 1 aromatic heterocycles. The lowest BCUT2D eigenvalue weighted by molar-refractivity contribution is -0.122. The van der Waals surface area contributed by atoms with Crippen molar-refractivity contribution in [2.24, 2.45) is 11.8 Å². The van der Waals surface area contributed by atoms with Crippen molar-refractivity contribution in [3.05, 3.63) is 11.4 Å². The number of ether oxygens (including phenoxy) is 2. The van der Waals surface area contributed by atoms with Gasteiger partial charge in [-0.05, 0) is 31.8 Å². The third-order valence-corrected chi connectivity index (χ3v) is 5.98. The molecule has 3 saturated heterocycles. The molecule has 156 valence electrons. The Kier molecular flexibility index (Phi) is 6.63. The topological polar surface area (TPSA) is 127 Å². The van der Waals surface area contributed by atoms with Crippen LogP contribution in [0.3, 0.4) is 0 Å². The van der Waals surface area contributed by atoms with Gasteiger partial charge in [0, 0.05) is 44.6 Å². The van der Waals surface area contributed by atoms with Gasteiger partial charge in [-0.25, -0.2) is 4.63 Å². The van der Waals surface area contributed by atoms with E-state index >= 15 is 0 Å². The molecule has 1 aromatic rings. The number of carboxylic acid groups (broad SMARTS) is 1. The molecule has 4 heterocycles. The van der Waals surface area contributed by atoms with Crippen molar-refractivity contribution in [3.63, 3.8) is 0 Å². The van der Waals surface area contributed by atoms with Gasteiger partial charge in [-0.1, -0.05) is 5.16 Å². The Labute approximate surface area is 163 Å². The molecule has 10 heteroatoms. The van der Waals surface area contributed by atoms with E-state index in [0.717, 1.165) is 45.7 Å². The van der Waals surface area contributed by atoms with E-state index in [4.69, 9.17) is 19.4 Å². The molecule has 28 heavy (non-hydrogen) atoms. The highest BCUT2D eigenvalue weighted by Gasteiger charge is 2.62. The predicted octanol–water partition coefficient (Wildman–Crippen LogP) is 0.325. The van der Waals surface area contributed by atoms with Gasteiger partial charge >= 0.3 is 0 Å². The number of carbonyl (C=O) groups is 2. The second-order valence-electron chi connectivity index (χ2n) is 7.48. The van der Waals surface area contributed by atoms with Crippen LogP contribution in [0, 0.1) is 18.8 Å². The molecule has 0 radical (unpaired) electrons. The fraction of sp³-hybridized carbons (Fsp3) is 0.778.